The summed E-state index contributed by atoms with van der Waals surface area (Å²) in [6, 6.07) is 13.4. The number of fused-ring (bicyclic) bond motifs is 1. The van der Waals surface area contributed by atoms with Crippen molar-refractivity contribution in [1.29, 1.82) is 0 Å². The van der Waals surface area contributed by atoms with E-state index in [0.717, 1.165) is 22.4 Å². The summed E-state index contributed by atoms with van der Waals surface area (Å²) in [7, 11) is 0. The van der Waals surface area contributed by atoms with Crippen LogP contribution < -0.4 is 0 Å². The maximum Gasteiger partial charge on any atom is 0.246 e. The summed E-state index contributed by atoms with van der Waals surface area (Å²) in [5.41, 5.74) is 3.33. The Balaban J connectivity index is 1.53. The molecule has 0 N–H and O–H groups in total. The maximum atomic E-state index is 13.2. The minimum Gasteiger partial charge on any atom is -0.356 e. The van der Waals surface area contributed by atoms with E-state index in [1.165, 1.54) is 12.1 Å². The Hall–Kier alpha value is -2.92. The minimum absolute atomic E-state index is 0.0909. The predicted octanol–water partition coefficient (Wildman–Crippen LogP) is 4.73. The van der Waals surface area contributed by atoms with E-state index in [0.29, 0.717) is 30.3 Å². The highest BCUT2D eigenvalue weighted by Gasteiger charge is 2.26. The lowest BCUT2D eigenvalue weighted by atomic mass is 10.0. The number of aromatic nitrogens is 1. The van der Waals surface area contributed by atoms with Crippen LogP contribution in [0.4, 0.5) is 4.39 Å². The highest BCUT2D eigenvalue weighted by molar-refractivity contribution is 6.30. The third-order valence-electron chi connectivity index (χ3n) is 4.52. The second kappa shape index (κ2) is 7.37. The molecule has 0 saturated carbocycles. The number of halogens is 2. The van der Waals surface area contributed by atoms with Crippen molar-refractivity contribution < 1.29 is 13.7 Å². The molecule has 1 aliphatic heterocycles. The van der Waals surface area contributed by atoms with E-state index < -0.39 is 0 Å². The van der Waals surface area contributed by atoms with Gasteiger partial charge in [-0.05, 0) is 48.0 Å². The van der Waals surface area contributed by atoms with E-state index in [1.807, 2.05) is 12.1 Å². The monoisotopic (exact) mass is 382 g/mol. The van der Waals surface area contributed by atoms with Crippen LogP contribution >= 0.6 is 11.6 Å². The summed E-state index contributed by atoms with van der Waals surface area (Å²) < 4.78 is 18.6. The van der Waals surface area contributed by atoms with Crippen LogP contribution in [-0.2, 0) is 17.8 Å². The fourth-order valence-corrected chi connectivity index (χ4v) is 3.31. The first kappa shape index (κ1) is 17.5. The SMILES string of the molecule is O=C(/C=C/c1cccc(Cl)c1)N1CCc2noc(-c3ccc(F)cc3)c2C1. The zero-order chi connectivity index (χ0) is 18.8. The number of hydrogen-bond donors (Lipinski definition) is 0. The Labute approximate surface area is 160 Å². The molecule has 0 unspecified atom stereocenters. The molecule has 0 fully saturated rings. The van der Waals surface area contributed by atoms with Gasteiger partial charge in [0, 0.05) is 35.2 Å². The van der Waals surface area contributed by atoms with Gasteiger partial charge in [0.15, 0.2) is 5.76 Å². The van der Waals surface area contributed by atoms with E-state index in [-0.39, 0.29) is 11.7 Å². The number of carbonyl (C=O) groups excluding carboxylic acids is 1. The number of carbonyl (C=O) groups is 1. The number of benzene rings is 2. The molecule has 1 aliphatic rings. The topological polar surface area (TPSA) is 46.3 Å². The van der Waals surface area contributed by atoms with E-state index in [1.54, 1.807) is 41.3 Å². The second-order valence-corrected chi connectivity index (χ2v) is 6.78. The van der Waals surface area contributed by atoms with Gasteiger partial charge >= 0.3 is 0 Å². The molecule has 4 rings (SSSR count). The van der Waals surface area contributed by atoms with E-state index >= 15 is 0 Å². The van der Waals surface area contributed by atoms with Gasteiger partial charge in [0.1, 0.15) is 5.82 Å². The molecule has 27 heavy (non-hydrogen) atoms. The first-order chi connectivity index (χ1) is 13.1. The number of rotatable bonds is 3. The summed E-state index contributed by atoms with van der Waals surface area (Å²) in [6.45, 7) is 0.978. The van der Waals surface area contributed by atoms with Crippen LogP contribution in [0.5, 0.6) is 0 Å². The molecular formula is C21H16ClFN2O2. The Morgan fingerprint density at radius 1 is 1.22 bits per heavy atom. The Morgan fingerprint density at radius 3 is 2.81 bits per heavy atom. The quantitative estimate of drug-likeness (QED) is 0.615. The molecule has 4 nitrogen and oxygen atoms in total. The molecule has 0 bridgehead atoms. The van der Waals surface area contributed by atoms with Crippen molar-refractivity contribution in [3.8, 4) is 11.3 Å². The molecule has 3 aromatic rings. The normalized spacial score (nSPS) is 13.8. The first-order valence-electron chi connectivity index (χ1n) is 8.56. The Bertz CT molecular complexity index is 1010. The highest BCUT2D eigenvalue weighted by atomic mass is 35.5. The summed E-state index contributed by atoms with van der Waals surface area (Å²) >= 11 is 5.97. The van der Waals surface area contributed by atoms with Crippen molar-refractivity contribution in [2.24, 2.45) is 0 Å². The average molecular weight is 383 g/mol. The molecule has 0 spiro atoms. The van der Waals surface area contributed by atoms with E-state index in [4.69, 9.17) is 16.1 Å². The van der Waals surface area contributed by atoms with Crippen LogP contribution in [0.25, 0.3) is 17.4 Å². The minimum atomic E-state index is -0.310. The van der Waals surface area contributed by atoms with Crippen LogP contribution in [-0.4, -0.2) is 22.5 Å². The van der Waals surface area contributed by atoms with Gasteiger partial charge in [0.25, 0.3) is 0 Å². The fraction of sp³-hybridized carbons (Fsp3) is 0.143. The van der Waals surface area contributed by atoms with Crippen molar-refractivity contribution in [1.82, 2.24) is 10.1 Å². The number of amides is 1. The number of hydrogen-bond acceptors (Lipinski definition) is 3. The third-order valence-corrected chi connectivity index (χ3v) is 4.76. The van der Waals surface area contributed by atoms with Gasteiger partial charge in [-0.25, -0.2) is 4.39 Å². The van der Waals surface area contributed by atoms with Gasteiger partial charge in [-0.1, -0.05) is 28.9 Å². The van der Waals surface area contributed by atoms with Crippen LogP contribution in [0.1, 0.15) is 16.8 Å². The lowest BCUT2D eigenvalue weighted by Gasteiger charge is -2.25. The lowest BCUT2D eigenvalue weighted by molar-refractivity contribution is -0.126. The van der Waals surface area contributed by atoms with Crippen LogP contribution in [0.3, 0.4) is 0 Å². The molecule has 0 radical (unpaired) electrons. The molecule has 2 heterocycles. The molecule has 6 heteroatoms. The van der Waals surface area contributed by atoms with Crippen molar-refractivity contribution in [3.05, 3.63) is 82.3 Å². The van der Waals surface area contributed by atoms with E-state index in [9.17, 15) is 9.18 Å². The number of nitrogens with zero attached hydrogens (tertiary/aromatic N) is 2. The molecule has 0 aliphatic carbocycles. The average Bonchev–Trinajstić information content (AvgIpc) is 3.10. The molecule has 136 valence electrons. The molecule has 0 atom stereocenters. The Morgan fingerprint density at radius 2 is 2.04 bits per heavy atom. The van der Waals surface area contributed by atoms with Crippen molar-refractivity contribution in [2.45, 2.75) is 13.0 Å². The summed E-state index contributed by atoms with van der Waals surface area (Å²) in [5.74, 6) is 0.184. The predicted molar refractivity (Wildman–Crippen MR) is 102 cm³/mol. The largest absolute Gasteiger partial charge is 0.356 e. The first-order valence-corrected chi connectivity index (χ1v) is 8.94. The molecule has 1 aromatic heterocycles. The van der Waals surface area contributed by atoms with Crippen molar-refractivity contribution in [3.63, 3.8) is 0 Å². The highest BCUT2D eigenvalue weighted by Crippen LogP contribution is 2.30. The smallest absolute Gasteiger partial charge is 0.246 e. The molecule has 0 saturated heterocycles. The van der Waals surface area contributed by atoms with Crippen LogP contribution in [0.2, 0.25) is 5.02 Å². The standard InChI is InChI=1S/C21H16ClFN2O2/c22-16-3-1-2-14(12-16)4-9-20(26)25-11-10-19-18(13-25)21(27-24-19)15-5-7-17(23)8-6-15/h1-9,12H,10-11,13H2/b9-4+. The van der Waals surface area contributed by atoms with Crippen LogP contribution in [0, 0.1) is 5.82 Å². The summed E-state index contributed by atoms with van der Waals surface area (Å²) in [4.78, 5) is 14.3. The Kier molecular flexibility index (Phi) is 4.77. The van der Waals surface area contributed by atoms with Crippen molar-refractivity contribution in [2.75, 3.05) is 6.54 Å². The van der Waals surface area contributed by atoms with Gasteiger partial charge in [-0.15, -0.1) is 0 Å². The summed E-state index contributed by atoms with van der Waals surface area (Å²) in [5, 5.41) is 4.74. The van der Waals surface area contributed by atoms with Gasteiger partial charge in [-0.3, -0.25) is 4.79 Å². The maximum absolute atomic E-state index is 13.2. The van der Waals surface area contributed by atoms with Gasteiger partial charge < -0.3 is 9.42 Å². The summed E-state index contributed by atoms with van der Waals surface area (Å²) in [6.07, 6.45) is 3.91. The lowest BCUT2D eigenvalue weighted by Crippen LogP contribution is -2.34. The molecular weight excluding hydrogens is 367 g/mol. The third kappa shape index (κ3) is 3.78. The van der Waals surface area contributed by atoms with Gasteiger partial charge in [-0.2, -0.15) is 0 Å². The molecule has 2 aromatic carbocycles. The van der Waals surface area contributed by atoms with Gasteiger partial charge in [0.05, 0.1) is 12.2 Å². The fourth-order valence-electron chi connectivity index (χ4n) is 3.11. The zero-order valence-corrected chi connectivity index (χ0v) is 15.1. The van der Waals surface area contributed by atoms with E-state index in [2.05, 4.69) is 5.16 Å². The van der Waals surface area contributed by atoms with Crippen LogP contribution in [0.15, 0.2) is 59.1 Å². The zero-order valence-electron chi connectivity index (χ0n) is 14.4. The van der Waals surface area contributed by atoms with Crippen molar-refractivity contribution >= 4 is 23.6 Å². The molecule has 1 amide bonds. The van der Waals surface area contributed by atoms with Gasteiger partial charge in [0.2, 0.25) is 5.91 Å². The second-order valence-electron chi connectivity index (χ2n) is 6.34.